The molecule has 2 fully saturated rings. The molecule has 0 aromatic carbocycles. The van der Waals surface area contributed by atoms with Gasteiger partial charge < -0.3 is 36.6 Å². The molecular formula is C30H52N12O3. The van der Waals surface area contributed by atoms with E-state index in [4.69, 9.17) is 5.11 Å². The zero-order valence-corrected chi connectivity index (χ0v) is 26.8. The minimum atomic E-state index is -0.925. The second kappa shape index (κ2) is 19.2. The van der Waals surface area contributed by atoms with Crippen molar-refractivity contribution in [3.63, 3.8) is 0 Å². The Hall–Kier alpha value is -3.43. The second-order valence-corrected chi connectivity index (χ2v) is 11.9. The monoisotopic (exact) mass is 628 g/mol. The average molecular weight is 629 g/mol. The Morgan fingerprint density at radius 3 is 2.53 bits per heavy atom. The maximum absolute atomic E-state index is 12.4. The van der Waals surface area contributed by atoms with E-state index in [1.165, 1.54) is 32.1 Å². The number of tetrazole rings is 1. The Morgan fingerprint density at radius 1 is 0.956 bits per heavy atom. The molecule has 1 aliphatic carbocycles. The number of aliphatic carboxylic acids is 1. The lowest BCUT2D eigenvalue weighted by Crippen LogP contribution is -2.43. The number of carbonyl (C=O) groups excluding carboxylic acids is 1. The zero-order valence-electron chi connectivity index (χ0n) is 26.8. The van der Waals surface area contributed by atoms with Crippen LogP contribution in [0.3, 0.4) is 0 Å². The number of rotatable bonds is 20. The van der Waals surface area contributed by atoms with Crippen LogP contribution in [0.2, 0.25) is 0 Å². The molecule has 1 amide bonds. The summed E-state index contributed by atoms with van der Waals surface area (Å²) in [5.74, 6) is 0.971. The van der Waals surface area contributed by atoms with Gasteiger partial charge in [-0.15, -0.1) is 10.2 Å². The van der Waals surface area contributed by atoms with Gasteiger partial charge in [0.15, 0.2) is 5.82 Å². The van der Waals surface area contributed by atoms with Crippen molar-refractivity contribution in [2.45, 2.75) is 103 Å². The zero-order chi connectivity index (χ0) is 31.7. The average Bonchev–Trinajstić information content (AvgIpc) is 3.51. The molecule has 0 atom stereocenters. The van der Waals surface area contributed by atoms with Gasteiger partial charge in [0.2, 0.25) is 11.9 Å². The third kappa shape index (κ3) is 12.8. The molecule has 2 aliphatic rings. The van der Waals surface area contributed by atoms with Gasteiger partial charge in [-0.1, -0.05) is 26.2 Å². The summed E-state index contributed by atoms with van der Waals surface area (Å²) < 4.78 is 0. The van der Waals surface area contributed by atoms with Crippen molar-refractivity contribution in [1.29, 1.82) is 0 Å². The van der Waals surface area contributed by atoms with E-state index in [1.54, 1.807) is 4.80 Å². The highest BCUT2D eigenvalue weighted by Gasteiger charge is 2.23. The molecule has 2 aromatic heterocycles. The number of carbonyl (C=O) groups is 2. The molecule has 4 rings (SSSR count). The molecule has 3 heterocycles. The number of nitrogens with zero attached hydrogens (tertiary/aromatic N) is 7. The predicted molar refractivity (Wildman–Crippen MR) is 172 cm³/mol. The molecular weight excluding hydrogens is 576 g/mol. The fourth-order valence-corrected chi connectivity index (χ4v) is 5.76. The minimum Gasteiger partial charge on any atom is -0.480 e. The van der Waals surface area contributed by atoms with Gasteiger partial charge in [-0.3, -0.25) is 9.59 Å². The maximum Gasteiger partial charge on any atom is 0.317 e. The second-order valence-electron chi connectivity index (χ2n) is 11.9. The Bertz CT molecular complexity index is 1160. The summed E-state index contributed by atoms with van der Waals surface area (Å²) >= 11 is 0. The number of amides is 1. The van der Waals surface area contributed by atoms with E-state index in [0.29, 0.717) is 50.9 Å². The van der Waals surface area contributed by atoms with Crippen LogP contribution in [-0.4, -0.2) is 110 Å². The molecule has 45 heavy (non-hydrogen) atoms. The highest BCUT2D eigenvalue weighted by molar-refractivity contribution is 5.76. The van der Waals surface area contributed by atoms with E-state index < -0.39 is 5.97 Å². The molecule has 15 nitrogen and oxygen atoms in total. The van der Waals surface area contributed by atoms with Crippen LogP contribution < -0.4 is 26.6 Å². The number of aromatic nitrogens is 6. The van der Waals surface area contributed by atoms with E-state index in [9.17, 15) is 9.59 Å². The predicted octanol–water partition coefficient (Wildman–Crippen LogP) is 1.40. The van der Waals surface area contributed by atoms with Crippen LogP contribution in [-0.2, 0) is 29.1 Å². The number of anilines is 2. The molecule has 0 bridgehead atoms. The summed E-state index contributed by atoms with van der Waals surface area (Å²) in [5, 5.41) is 38.3. The van der Waals surface area contributed by atoms with Crippen LogP contribution in [0.1, 0.15) is 82.7 Å². The molecule has 2 aromatic rings. The molecule has 6 N–H and O–H groups in total. The van der Waals surface area contributed by atoms with E-state index in [1.807, 2.05) is 11.0 Å². The van der Waals surface area contributed by atoms with Crippen molar-refractivity contribution in [3.8, 4) is 0 Å². The molecule has 0 unspecified atom stereocenters. The third-order valence-corrected chi connectivity index (χ3v) is 8.31. The molecule has 250 valence electrons. The van der Waals surface area contributed by atoms with Crippen molar-refractivity contribution < 1.29 is 14.7 Å². The SMILES string of the molecule is CCc1cc(NC2CCN(C(=O)CCNCC(=O)O)CC2)nc(NCc2nnn(CCCNCCCNC3CCCCC3)n2)n1. The molecule has 1 saturated carbocycles. The fourth-order valence-electron chi connectivity index (χ4n) is 5.76. The van der Waals surface area contributed by atoms with Crippen LogP contribution in [0.5, 0.6) is 0 Å². The summed E-state index contributed by atoms with van der Waals surface area (Å²) in [4.78, 5) is 35.8. The van der Waals surface area contributed by atoms with Crippen LogP contribution >= 0.6 is 0 Å². The number of hydrogen-bond acceptors (Lipinski definition) is 12. The van der Waals surface area contributed by atoms with Crippen LogP contribution in [0, 0.1) is 0 Å². The number of carboxylic acids is 1. The summed E-state index contributed by atoms with van der Waals surface area (Å²) in [6.45, 7) is 7.70. The first kappa shape index (κ1) is 34.4. The fraction of sp³-hybridized carbons (Fsp3) is 0.767. The van der Waals surface area contributed by atoms with Gasteiger partial charge in [0.1, 0.15) is 5.82 Å². The number of piperidine rings is 1. The third-order valence-electron chi connectivity index (χ3n) is 8.31. The van der Waals surface area contributed by atoms with Crippen LogP contribution in [0.4, 0.5) is 11.8 Å². The Labute approximate surface area is 266 Å². The first-order valence-corrected chi connectivity index (χ1v) is 16.8. The first-order chi connectivity index (χ1) is 22.0. The van der Waals surface area contributed by atoms with Gasteiger partial charge in [-0.05, 0) is 69.8 Å². The van der Waals surface area contributed by atoms with E-state index in [2.05, 4.69) is 58.9 Å². The van der Waals surface area contributed by atoms with Gasteiger partial charge in [-0.2, -0.15) is 9.78 Å². The molecule has 0 spiro atoms. The van der Waals surface area contributed by atoms with Gasteiger partial charge >= 0.3 is 5.97 Å². The Kier molecular flexibility index (Phi) is 14.7. The number of hydrogen-bond donors (Lipinski definition) is 6. The smallest absolute Gasteiger partial charge is 0.317 e. The van der Waals surface area contributed by atoms with Gasteiger partial charge in [0.25, 0.3) is 0 Å². The van der Waals surface area contributed by atoms with Crippen LogP contribution in [0.25, 0.3) is 0 Å². The summed E-state index contributed by atoms with van der Waals surface area (Å²) in [7, 11) is 0. The topological polar surface area (TPSA) is 187 Å². The number of nitrogens with one attached hydrogen (secondary N) is 5. The largest absolute Gasteiger partial charge is 0.480 e. The highest BCUT2D eigenvalue weighted by Crippen LogP contribution is 2.19. The van der Waals surface area contributed by atoms with Crippen molar-refractivity contribution in [3.05, 3.63) is 17.6 Å². The van der Waals surface area contributed by atoms with E-state index in [-0.39, 0.29) is 18.5 Å². The summed E-state index contributed by atoms with van der Waals surface area (Å²) in [6.07, 6.45) is 11.6. The molecule has 1 aliphatic heterocycles. The maximum atomic E-state index is 12.4. The van der Waals surface area contributed by atoms with Gasteiger partial charge in [0.05, 0.1) is 19.6 Å². The Balaban J connectivity index is 1.11. The van der Waals surface area contributed by atoms with Crippen LogP contribution in [0.15, 0.2) is 6.07 Å². The van der Waals surface area contributed by atoms with Gasteiger partial charge in [-0.25, -0.2) is 4.98 Å². The summed E-state index contributed by atoms with van der Waals surface area (Å²) in [6, 6.07) is 2.89. The van der Waals surface area contributed by atoms with E-state index >= 15 is 0 Å². The Morgan fingerprint density at radius 2 is 1.76 bits per heavy atom. The number of carboxylic acid groups (broad SMARTS) is 1. The lowest BCUT2D eigenvalue weighted by Gasteiger charge is -2.32. The normalized spacial score (nSPS) is 16.2. The van der Waals surface area contributed by atoms with Crippen molar-refractivity contribution in [2.24, 2.45) is 0 Å². The van der Waals surface area contributed by atoms with E-state index in [0.717, 1.165) is 69.3 Å². The number of likely N-dealkylation sites (tertiary alicyclic amines) is 1. The lowest BCUT2D eigenvalue weighted by molar-refractivity contribution is -0.136. The standard InChI is InChI=1S/C30H52N12O3/c1-2-23-20-26(35-25-11-18-41(19-12-25)28(43)10-16-32-22-29(44)45)37-30(36-23)34-21-27-38-40-42(39-27)17-7-14-31-13-6-15-33-24-8-4-3-5-9-24/h20,24-25,31-33H,2-19,21-22H2,1H3,(H,44,45)(H2,34,35,36,37). The highest BCUT2D eigenvalue weighted by atomic mass is 16.4. The molecule has 1 saturated heterocycles. The quantitative estimate of drug-likeness (QED) is 0.116. The molecule has 0 radical (unpaired) electrons. The van der Waals surface area contributed by atoms with Crippen molar-refractivity contribution in [2.75, 3.05) is 56.4 Å². The molecule has 15 heteroatoms. The number of aryl methyl sites for hydroxylation is 2. The summed E-state index contributed by atoms with van der Waals surface area (Å²) in [5.41, 5.74) is 0.922. The van der Waals surface area contributed by atoms with Crippen molar-refractivity contribution >= 4 is 23.6 Å². The minimum absolute atomic E-state index is 0.0448. The first-order valence-electron chi connectivity index (χ1n) is 16.8. The van der Waals surface area contributed by atoms with Gasteiger partial charge in [0, 0.05) is 49.9 Å². The lowest BCUT2D eigenvalue weighted by atomic mass is 9.95. The van der Waals surface area contributed by atoms with Crippen molar-refractivity contribution in [1.82, 2.24) is 51.0 Å².